The van der Waals surface area contributed by atoms with Crippen molar-refractivity contribution in [1.82, 2.24) is 30.0 Å². The molecule has 0 aliphatic heterocycles. The lowest BCUT2D eigenvalue weighted by Crippen LogP contribution is -2.32. The van der Waals surface area contributed by atoms with Gasteiger partial charge in [0.05, 0.1) is 5.75 Å². The van der Waals surface area contributed by atoms with Crippen LogP contribution in [0.1, 0.15) is 17.4 Å². The minimum Gasteiger partial charge on any atom is -0.341 e. The highest BCUT2D eigenvalue weighted by Gasteiger charge is 2.21. The van der Waals surface area contributed by atoms with Gasteiger partial charge in [-0.1, -0.05) is 53.7 Å². The third-order valence-corrected chi connectivity index (χ3v) is 5.57. The maximum absolute atomic E-state index is 12.7. The Morgan fingerprint density at radius 1 is 1.20 bits per heavy atom. The molecule has 0 aliphatic rings. The van der Waals surface area contributed by atoms with E-state index < -0.39 is 0 Å². The molecule has 4 aromatic rings. The van der Waals surface area contributed by atoms with Crippen LogP contribution in [0.4, 0.5) is 0 Å². The number of rotatable bonds is 7. The number of benzene rings is 2. The van der Waals surface area contributed by atoms with E-state index in [1.807, 2.05) is 60.3 Å². The summed E-state index contributed by atoms with van der Waals surface area (Å²) < 4.78 is 1.90. The van der Waals surface area contributed by atoms with E-state index in [9.17, 15) is 4.79 Å². The predicted molar refractivity (Wildman–Crippen MR) is 117 cm³/mol. The Morgan fingerprint density at radius 3 is 2.67 bits per heavy atom. The topological polar surface area (TPSA) is 88.5 Å². The molecule has 2 N–H and O–H groups in total. The van der Waals surface area contributed by atoms with Crippen molar-refractivity contribution in [2.45, 2.75) is 11.2 Å². The molecule has 152 valence electrons. The Balaban J connectivity index is 1.42. The van der Waals surface area contributed by atoms with E-state index in [1.54, 1.807) is 18.3 Å². The Bertz CT molecular complexity index is 1130. The van der Waals surface area contributed by atoms with Gasteiger partial charge in [0, 0.05) is 30.0 Å². The van der Waals surface area contributed by atoms with Crippen LogP contribution >= 0.6 is 23.4 Å². The third-order valence-electron chi connectivity index (χ3n) is 4.47. The van der Waals surface area contributed by atoms with Crippen LogP contribution in [0, 0.1) is 0 Å². The summed E-state index contributed by atoms with van der Waals surface area (Å²) in [5.74, 6) is 1.45. The molecule has 0 spiro atoms. The molecule has 9 heteroatoms. The number of amides is 1. The normalized spacial score (nSPS) is 11.9. The number of thioether (sulfide) groups is 1. The van der Waals surface area contributed by atoms with Gasteiger partial charge in [-0.2, -0.15) is 0 Å². The molecule has 2 aromatic carbocycles. The van der Waals surface area contributed by atoms with E-state index in [2.05, 4.69) is 25.5 Å². The summed E-state index contributed by atoms with van der Waals surface area (Å²) in [6, 6.07) is 16.7. The number of aromatic amines is 1. The zero-order valence-electron chi connectivity index (χ0n) is 16.1. The summed E-state index contributed by atoms with van der Waals surface area (Å²) in [6.07, 6.45) is 3.58. The van der Waals surface area contributed by atoms with Crippen molar-refractivity contribution in [3.8, 4) is 11.4 Å². The number of nitrogens with one attached hydrogen (secondary N) is 2. The van der Waals surface area contributed by atoms with E-state index in [0.29, 0.717) is 16.0 Å². The zero-order chi connectivity index (χ0) is 20.9. The number of hydrogen-bond acceptors (Lipinski definition) is 5. The number of aryl methyl sites for hydroxylation is 1. The van der Waals surface area contributed by atoms with Crippen molar-refractivity contribution < 1.29 is 4.79 Å². The minimum atomic E-state index is -0.337. The number of halogens is 1. The van der Waals surface area contributed by atoms with E-state index in [-0.39, 0.29) is 17.7 Å². The van der Waals surface area contributed by atoms with Gasteiger partial charge in [0.25, 0.3) is 0 Å². The van der Waals surface area contributed by atoms with Gasteiger partial charge in [-0.05, 0) is 29.8 Å². The van der Waals surface area contributed by atoms with Crippen LogP contribution in [-0.4, -0.2) is 36.4 Å². The smallest absolute Gasteiger partial charge is 0.231 e. The molecule has 7 nitrogen and oxygen atoms in total. The molecule has 4 rings (SSSR count). The predicted octanol–water partition coefficient (Wildman–Crippen LogP) is 3.86. The number of imidazole rings is 1. The maximum Gasteiger partial charge on any atom is 0.231 e. The van der Waals surface area contributed by atoms with Gasteiger partial charge >= 0.3 is 0 Å². The molecule has 30 heavy (non-hydrogen) atoms. The van der Waals surface area contributed by atoms with Gasteiger partial charge < -0.3 is 9.88 Å². The molecule has 1 atom stereocenters. The second kappa shape index (κ2) is 9.15. The SMILES string of the molecule is Cn1ccnc1[C@@H](NC(=O)CSc1n[nH]c(-c2ccc(Cl)cc2)n1)c1ccccc1. The van der Waals surface area contributed by atoms with Gasteiger partial charge in [-0.3, -0.25) is 9.89 Å². The largest absolute Gasteiger partial charge is 0.341 e. The van der Waals surface area contributed by atoms with Crippen molar-refractivity contribution >= 4 is 29.3 Å². The molecule has 2 heterocycles. The second-order valence-corrected chi connectivity index (χ2v) is 7.95. The number of carbonyl (C=O) groups is 1. The summed E-state index contributed by atoms with van der Waals surface area (Å²) in [7, 11) is 1.91. The first-order valence-corrected chi connectivity index (χ1v) is 10.6. The highest BCUT2D eigenvalue weighted by atomic mass is 35.5. The van der Waals surface area contributed by atoms with Crippen molar-refractivity contribution in [1.29, 1.82) is 0 Å². The molecule has 0 fully saturated rings. The van der Waals surface area contributed by atoms with Crippen LogP contribution in [0.5, 0.6) is 0 Å². The fourth-order valence-corrected chi connectivity index (χ4v) is 3.71. The monoisotopic (exact) mass is 438 g/mol. The van der Waals surface area contributed by atoms with Crippen LogP contribution in [0.3, 0.4) is 0 Å². The highest BCUT2D eigenvalue weighted by molar-refractivity contribution is 7.99. The van der Waals surface area contributed by atoms with E-state index in [4.69, 9.17) is 11.6 Å². The Morgan fingerprint density at radius 2 is 1.97 bits per heavy atom. The average molecular weight is 439 g/mol. The summed E-state index contributed by atoms with van der Waals surface area (Å²) in [4.78, 5) is 21.5. The summed E-state index contributed by atoms with van der Waals surface area (Å²) in [5.41, 5.74) is 1.84. The molecule has 0 bridgehead atoms. The first-order valence-electron chi connectivity index (χ1n) is 9.23. The summed E-state index contributed by atoms with van der Waals surface area (Å²) >= 11 is 7.19. The van der Waals surface area contributed by atoms with Crippen molar-refractivity contribution in [2.24, 2.45) is 7.05 Å². The summed E-state index contributed by atoms with van der Waals surface area (Å²) in [6.45, 7) is 0. The zero-order valence-corrected chi connectivity index (χ0v) is 17.7. The molecule has 2 aromatic heterocycles. The van der Waals surface area contributed by atoms with E-state index in [0.717, 1.165) is 17.0 Å². The number of nitrogens with zero attached hydrogens (tertiary/aromatic N) is 4. The number of aromatic nitrogens is 5. The Kier molecular flexibility index (Phi) is 6.15. The van der Waals surface area contributed by atoms with Gasteiger partial charge in [0.1, 0.15) is 11.9 Å². The number of H-pyrrole nitrogens is 1. The highest BCUT2D eigenvalue weighted by Crippen LogP contribution is 2.23. The van der Waals surface area contributed by atoms with Gasteiger partial charge in [0.15, 0.2) is 5.82 Å². The Hall–Kier alpha value is -3.10. The second-order valence-electron chi connectivity index (χ2n) is 6.57. The molecule has 0 unspecified atom stereocenters. The van der Waals surface area contributed by atoms with E-state index >= 15 is 0 Å². The van der Waals surface area contributed by atoms with Crippen molar-refractivity contribution in [3.05, 3.63) is 83.4 Å². The third kappa shape index (κ3) is 4.72. The molecule has 0 aliphatic carbocycles. The van der Waals surface area contributed by atoms with Gasteiger partial charge in [-0.15, -0.1) is 5.10 Å². The van der Waals surface area contributed by atoms with E-state index in [1.165, 1.54) is 11.8 Å². The first kappa shape index (κ1) is 20.2. The summed E-state index contributed by atoms with van der Waals surface area (Å²) in [5, 5.41) is 11.3. The first-order chi connectivity index (χ1) is 14.6. The molecular formula is C21H19ClN6OS. The van der Waals surface area contributed by atoms with Crippen molar-refractivity contribution in [2.75, 3.05) is 5.75 Å². The lowest BCUT2D eigenvalue weighted by Gasteiger charge is -2.19. The molecular weight excluding hydrogens is 420 g/mol. The van der Waals surface area contributed by atoms with Crippen LogP contribution in [-0.2, 0) is 11.8 Å². The van der Waals surface area contributed by atoms with Crippen molar-refractivity contribution in [3.63, 3.8) is 0 Å². The Labute approximate surface area is 182 Å². The average Bonchev–Trinajstić information content (AvgIpc) is 3.41. The lowest BCUT2D eigenvalue weighted by molar-refractivity contribution is -0.119. The molecule has 0 saturated carbocycles. The van der Waals surface area contributed by atoms with Crippen LogP contribution < -0.4 is 5.32 Å². The van der Waals surface area contributed by atoms with Crippen LogP contribution in [0.15, 0.2) is 72.1 Å². The van der Waals surface area contributed by atoms with Crippen LogP contribution in [0.25, 0.3) is 11.4 Å². The fraction of sp³-hybridized carbons (Fsp3) is 0.143. The van der Waals surface area contributed by atoms with Crippen LogP contribution in [0.2, 0.25) is 5.02 Å². The standard InChI is InChI=1S/C21H19ClN6OS/c1-28-12-11-23-20(28)18(14-5-3-2-4-6-14)24-17(29)13-30-21-25-19(26-27-21)15-7-9-16(22)10-8-15/h2-12,18H,13H2,1H3,(H,24,29)(H,25,26,27)/t18-/m0/s1. The molecule has 0 saturated heterocycles. The molecule has 0 radical (unpaired) electrons. The number of carbonyl (C=O) groups excluding carboxylic acids is 1. The van der Waals surface area contributed by atoms with Gasteiger partial charge in [0.2, 0.25) is 11.1 Å². The molecule has 1 amide bonds. The quantitative estimate of drug-likeness (QED) is 0.428. The van der Waals surface area contributed by atoms with Gasteiger partial charge in [-0.25, -0.2) is 9.97 Å². The fourth-order valence-electron chi connectivity index (χ4n) is 2.98. The number of hydrogen-bond donors (Lipinski definition) is 2. The maximum atomic E-state index is 12.7. The minimum absolute atomic E-state index is 0.130. The lowest BCUT2D eigenvalue weighted by atomic mass is 10.1.